The second-order valence-electron chi connectivity index (χ2n) is 7.09. The lowest BCUT2D eigenvalue weighted by Gasteiger charge is -2.26. The van der Waals surface area contributed by atoms with Crippen LogP contribution in [0.1, 0.15) is 46.8 Å². The van der Waals surface area contributed by atoms with Gasteiger partial charge in [-0.25, -0.2) is 4.98 Å². The monoisotopic (exact) mass is 561 g/mol. The quantitative estimate of drug-likeness (QED) is 0.348. The molecule has 4 rings (SSSR count). The summed E-state index contributed by atoms with van der Waals surface area (Å²) in [6.45, 7) is 2.16. The predicted octanol–water partition coefficient (Wildman–Crippen LogP) is 7.01. The molecule has 0 aliphatic carbocycles. The van der Waals surface area contributed by atoms with E-state index < -0.39 is 5.57 Å². The van der Waals surface area contributed by atoms with Gasteiger partial charge in [0.05, 0.1) is 15.9 Å². The fraction of sp³-hybridized carbons (Fsp3) is 0.300. The van der Waals surface area contributed by atoms with Gasteiger partial charge in [-0.15, -0.1) is 8.78 Å². The van der Waals surface area contributed by atoms with E-state index in [-0.39, 0.29) is 16.5 Å². The molecule has 1 aliphatic heterocycles. The number of alkyl halides is 4. The number of anilines is 1. The van der Waals surface area contributed by atoms with E-state index in [1.54, 1.807) is 12.1 Å². The van der Waals surface area contributed by atoms with Gasteiger partial charge in [-0.1, -0.05) is 15.9 Å². The number of imidazole rings is 1. The van der Waals surface area contributed by atoms with Gasteiger partial charge in [-0.05, 0) is 72.1 Å². The van der Waals surface area contributed by atoms with Gasteiger partial charge in [0.15, 0.2) is 0 Å². The number of amides is 1. The van der Waals surface area contributed by atoms with Gasteiger partial charge in [-0.3, -0.25) is 4.79 Å². The lowest BCUT2D eigenvalue weighted by Crippen LogP contribution is -2.17. The van der Waals surface area contributed by atoms with Crippen molar-refractivity contribution >= 4 is 66.1 Å². The molecule has 1 amide bonds. The number of hydrogen-bond acceptors (Lipinski definition) is 3. The molecule has 0 radical (unpaired) electrons. The smallest absolute Gasteiger partial charge is 0.420 e. The van der Waals surface area contributed by atoms with Crippen LogP contribution in [0.4, 0.5) is 14.5 Å². The predicted molar refractivity (Wildman–Crippen MR) is 119 cm³/mol. The van der Waals surface area contributed by atoms with Crippen LogP contribution < -0.4 is 10.1 Å². The lowest BCUT2D eigenvalue weighted by atomic mass is 10.1. The van der Waals surface area contributed by atoms with Gasteiger partial charge >= 0.3 is 5.57 Å². The van der Waals surface area contributed by atoms with Gasteiger partial charge in [0.1, 0.15) is 11.6 Å². The number of ether oxygens (including phenoxy) is 1. The molecule has 0 fully saturated rings. The third kappa shape index (κ3) is 4.33. The summed E-state index contributed by atoms with van der Waals surface area (Å²) in [6.07, 6.45) is 2.04. The Kier molecular flexibility index (Phi) is 5.80. The first kappa shape index (κ1) is 21.5. The highest BCUT2D eigenvalue weighted by atomic mass is 79.9. The molecule has 1 aliphatic rings. The van der Waals surface area contributed by atoms with E-state index in [1.165, 1.54) is 24.3 Å². The van der Waals surface area contributed by atoms with Crippen LogP contribution in [0.2, 0.25) is 0 Å². The van der Waals surface area contributed by atoms with E-state index in [9.17, 15) is 13.6 Å². The highest BCUT2D eigenvalue weighted by Crippen LogP contribution is 2.41. The number of aromatic nitrogens is 2. The largest absolute Gasteiger partial charge is 0.487 e. The van der Waals surface area contributed by atoms with Crippen molar-refractivity contribution in [1.29, 1.82) is 0 Å². The van der Waals surface area contributed by atoms with E-state index in [1.807, 2.05) is 0 Å². The Hall–Kier alpha value is -1.71. The fourth-order valence-electron chi connectivity index (χ4n) is 3.59. The first-order chi connectivity index (χ1) is 14.1. The molecule has 1 aromatic heterocycles. The van der Waals surface area contributed by atoms with Crippen LogP contribution in [0.25, 0.3) is 11.0 Å². The number of rotatable bonds is 4. The van der Waals surface area contributed by atoms with Crippen molar-refractivity contribution < 1.29 is 18.3 Å². The molecule has 1 unspecified atom stereocenters. The molecule has 30 heavy (non-hydrogen) atoms. The van der Waals surface area contributed by atoms with Gasteiger partial charge in [0.25, 0.3) is 5.91 Å². The van der Waals surface area contributed by atoms with Crippen LogP contribution >= 0.6 is 43.5 Å². The van der Waals surface area contributed by atoms with Crippen LogP contribution in [0.15, 0.2) is 40.9 Å². The molecule has 158 valence electrons. The molecule has 2 atom stereocenters. The number of fused-ring (bicyclic) bond motifs is 3. The molecule has 2 aromatic carbocycles. The summed E-state index contributed by atoms with van der Waals surface area (Å²) in [7, 11) is 0. The SMILES string of the molecule is C[C@@H]1CCC(Br)c2nc3cc(C(=O)Nc4ccc(OC(F)(F)Cl)cc4)cc(Br)c3n21. The average molecular weight is 564 g/mol. The number of nitrogens with one attached hydrogen (secondary N) is 1. The highest BCUT2D eigenvalue weighted by Gasteiger charge is 2.29. The zero-order valence-electron chi connectivity index (χ0n) is 15.6. The Morgan fingerprint density at radius 2 is 2.00 bits per heavy atom. The van der Waals surface area contributed by atoms with Crippen molar-refractivity contribution in [1.82, 2.24) is 9.55 Å². The zero-order chi connectivity index (χ0) is 21.6. The van der Waals surface area contributed by atoms with Crippen molar-refractivity contribution in [3.8, 4) is 5.75 Å². The second-order valence-corrected chi connectivity index (χ2v) is 9.49. The van der Waals surface area contributed by atoms with Crippen molar-refractivity contribution in [3.63, 3.8) is 0 Å². The highest BCUT2D eigenvalue weighted by molar-refractivity contribution is 9.10. The molecule has 0 saturated carbocycles. The molecule has 3 aromatic rings. The number of carbonyl (C=O) groups is 1. The Balaban J connectivity index is 1.60. The molecule has 0 saturated heterocycles. The van der Waals surface area contributed by atoms with Crippen LogP contribution in [0.5, 0.6) is 5.75 Å². The third-order valence-corrected chi connectivity index (χ3v) is 6.48. The standard InChI is InChI=1S/C20H16Br2ClF2N3O2/c1-10-2-7-14(21)18-27-16-9-11(8-15(22)17(16)28(10)18)19(29)26-12-3-5-13(6-4-12)30-20(23,24)25/h3-6,8-10,14H,2,7H2,1H3,(H,26,29)/t10-,14?/m1/s1. The molecular weight excluding hydrogens is 547 g/mol. The van der Waals surface area contributed by atoms with Crippen molar-refractivity contribution in [3.05, 3.63) is 52.3 Å². The third-order valence-electron chi connectivity index (χ3n) is 4.93. The van der Waals surface area contributed by atoms with E-state index in [0.717, 1.165) is 34.2 Å². The maximum atomic E-state index is 12.7. The summed E-state index contributed by atoms with van der Waals surface area (Å²) in [5, 5.41) is 2.74. The first-order valence-corrected chi connectivity index (χ1v) is 11.2. The molecule has 10 heteroatoms. The van der Waals surface area contributed by atoms with E-state index >= 15 is 0 Å². The molecule has 1 N–H and O–H groups in total. The first-order valence-electron chi connectivity index (χ1n) is 9.15. The maximum Gasteiger partial charge on any atom is 0.487 e. The van der Waals surface area contributed by atoms with Crippen LogP contribution in [0, 0.1) is 0 Å². The van der Waals surface area contributed by atoms with E-state index in [2.05, 4.69) is 53.4 Å². The van der Waals surface area contributed by atoms with Gasteiger partial charge in [0, 0.05) is 33.4 Å². The maximum absolute atomic E-state index is 12.7. The molecule has 2 heterocycles. The average Bonchev–Trinajstić information content (AvgIpc) is 3.06. The second kappa shape index (κ2) is 8.09. The summed E-state index contributed by atoms with van der Waals surface area (Å²) in [4.78, 5) is 17.7. The Morgan fingerprint density at radius 1 is 1.30 bits per heavy atom. The topological polar surface area (TPSA) is 56.1 Å². The summed E-state index contributed by atoms with van der Waals surface area (Å²) < 4.78 is 32.6. The molecule has 5 nitrogen and oxygen atoms in total. The van der Waals surface area contributed by atoms with E-state index in [0.29, 0.717) is 17.3 Å². The van der Waals surface area contributed by atoms with Gasteiger partial charge < -0.3 is 14.6 Å². The number of benzene rings is 2. The lowest BCUT2D eigenvalue weighted by molar-refractivity contribution is -0.0964. The Bertz CT molecular complexity index is 1120. The zero-order valence-corrected chi connectivity index (χ0v) is 19.6. The van der Waals surface area contributed by atoms with Crippen LogP contribution in [-0.2, 0) is 0 Å². The minimum atomic E-state index is -3.79. The fourth-order valence-corrected chi connectivity index (χ4v) is 4.90. The number of nitrogens with zero attached hydrogens (tertiary/aromatic N) is 2. The molecule has 0 bridgehead atoms. The van der Waals surface area contributed by atoms with Crippen molar-refractivity contribution in [2.24, 2.45) is 0 Å². The molecular formula is C20H16Br2ClF2N3O2. The number of hydrogen-bond donors (Lipinski definition) is 1. The summed E-state index contributed by atoms with van der Waals surface area (Å²) in [5.41, 5.74) is -1.24. The summed E-state index contributed by atoms with van der Waals surface area (Å²) >= 11 is 12.0. The van der Waals surface area contributed by atoms with E-state index in [4.69, 9.17) is 16.6 Å². The van der Waals surface area contributed by atoms with Crippen LogP contribution in [-0.4, -0.2) is 21.0 Å². The normalized spacial score (nSPS) is 18.9. The van der Waals surface area contributed by atoms with Crippen molar-refractivity contribution in [2.45, 2.75) is 36.2 Å². The minimum Gasteiger partial charge on any atom is -0.420 e. The van der Waals surface area contributed by atoms with Crippen molar-refractivity contribution in [2.75, 3.05) is 5.32 Å². The summed E-state index contributed by atoms with van der Waals surface area (Å²) in [5.74, 6) is 0.497. The summed E-state index contributed by atoms with van der Waals surface area (Å²) in [6, 6.07) is 9.32. The minimum absolute atomic E-state index is 0.112. The number of carbonyl (C=O) groups excluding carboxylic acids is 1. The Labute approximate surface area is 193 Å². The Morgan fingerprint density at radius 3 is 2.67 bits per heavy atom. The number of halogens is 5. The van der Waals surface area contributed by atoms with Gasteiger partial charge in [0.2, 0.25) is 0 Å². The van der Waals surface area contributed by atoms with Gasteiger partial charge in [-0.2, -0.15) is 0 Å². The molecule has 0 spiro atoms. The van der Waals surface area contributed by atoms with Crippen LogP contribution in [0.3, 0.4) is 0 Å².